The minimum Gasteiger partial charge on any atom is -0.486 e. The topological polar surface area (TPSA) is 76.8 Å². The molecule has 2 aliphatic rings. The monoisotopic (exact) mass is 291 g/mol. The molecule has 0 spiro atoms. The van der Waals surface area contributed by atoms with Gasteiger partial charge in [0, 0.05) is 38.2 Å². The number of hydrogen-bond acceptors (Lipinski definition) is 5. The molecule has 21 heavy (non-hydrogen) atoms. The van der Waals surface area contributed by atoms with Crippen LogP contribution in [0, 0.1) is 0 Å². The van der Waals surface area contributed by atoms with Crippen molar-refractivity contribution in [1.82, 2.24) is 4.90 Å². The minimum atomic E-state index is 0.205. The SMILES string of the molecule is Nc1cc2c(cc1NCCC(=O)N1CCCC1)OCCO2. The van der Waals surface area contributed by atoms with Crippen LogP contribution in [0.2, 0.25) is 0 Å². The van der Waals surface area contributed by atoms with E-state index in [0.29, 0.717) is 43.4 Å². The van der Waals surface area contributed by atoms with Gasteiger partial charge in [-0.2, -0.15) is 0 Å². The Morgan fingerprint density at radius 3 is 2.57 bits per heavy atom. The molecule has 0 unspecified atom stereocenters. The number of fused-ring (bicyclic) bond motifs is 1. The average Bonchev–Trinajstić information content (AvgIpc) is 3.02. The lowest BCUT2D eigenvalue weighted by Gasteiger charge is -2.21. The number of hydrogen-bond donors (Lipinski definition) is 2. The van der Waals surface area contributed by atoms with E-state index in [-0.39, 0.29) is 5.91 Å². The van der Waals surface area contributed by atoms with Crippen molar-refractivity contribution in [3.63, 3.8) is 0 Å². The molecule has 3 rings (SSSR count). The summed E-state index contributed by atoms with van der Waals surface area (Å²) in [6.45, 7) is 3.45. The molecule has 6 heteroatoms. The molecule has 114 valence electrons. The van der Waals surface area contributed by atoms with Crippen LogP contribution < -0.4 is 20.5 Å². The fourth-order valence-electron chi connectivity index (χ4n) is 2.69. The van der Waals surface area contributed by atoms with Gasteiger partial charge in [0.2, 0.25) is 5.91 Å². The minimum absolute atomic E-state index is 0.205. The predicted octanol–water partition coefficient (Wildman–Crippen LogP) is 1.46. The van der Waals surface area contributed by atoms with Crippen LogP contribution in [0.4, 0.5) is 11.4 Å². The Morgan fingerprint density at radius 1 is 1.19 bits per heavy atom. The molecule has 0 atom stereocenters. The lowest BCUT2D eigenvalue weighted by atomic mass is 10.2. The molecule has 1 aromatic rings. The van der Waals surface area contributed by atoms with E-state index < -0.39 is 0 Å². The molecule has 0 aromatic heterocycles. The van der Waals surface area contributed by atoms with Gasteiger partial charge in [-0.25, -0.2) is 0 Å². The van der Waals surface area contributed by atoms with Gasteiger partial charge in [-0.05, 0) is 12.8 Å². The van der Waals surface area contributed by atoms with Crippen LogP contribution in [0.3, 0.4) is 0 Å². The van der Waals surface area contributed by atoms with Gasteiger partial charge in [0.15, 0.2) is 11.5 Å². The number of rotatable bonds is 4. The summed E-state index contributed by atoms with van der Waals surface area (Å²) in [7, 11) is 0. The normalized spacial score (nSPS) is 16.9. The second-order valence-corrected chi connectivity index (χ2v) is 5.35. The second kappa shape index (κ2) is 6.11. The van der Waals surface area contributed by atoms with E-state index in [2.05, 4.69) is 5.32 Å². The molecule has 6 nitrogen and oxygen atoms in total. The van der Waals surface area contributed by atoms with Gasteiger partial charge in [-0.1, -0.05) is 0 Å². The number of nitrogens with one attached hydrogen (secondary N) is 1. The highest BCUT2D eigenvalue weighted by molar-refractivity contribution is 5.78. The Hall–Kier alpha value is -2.11. The van der Waals surface area contributed by atoms with Crippen LogP contribution in [-0.4, -0.2) is 43.7 Å². The lowest BCUT2D eigenvalue weighted by molar-refractivity contribution is -0.129. The van der Waals surface area contributed by atoms with Crippen LogP contribution in [0.25, 0.3) is 0 Å². The first-order chi connectivity index (χ1) is 10.2. The van der Waals surface area contributed by atoms with Crippen molar-refractivity contribution in [2.45, 2.75) is 19.3 Å². The molecule has 1 amide bonds. The van der Waals surface area contributed by atoms with E-state index in [1.165, 1.54) is 0 Å². The summed E-state index contributed by atoms with van der Waals surface area (Å²) in [5.74, 6) is 1.58. The largest absolute Gasteiger partial charge is 0.486 e. The molecule has 3 N–H and O–H groups in total. The Kier molecular flexibility index (Phi) is 4.03. The lowest BCUT2D eigenvalue weighted by Crippen LogP contribution is -2.29. The summed E-state index contributed by atoms with van der Waals surface area (Å²) in [6, 6.07) is 3.60. The van der Waals surface area contributed by atoms with Gasteiger partial charge in [-0.3, -0.25) is 4.79 Å². The smallest absolute Gasteiger partial charge is 0.224 e. The van der Waals surface area contributed by atoms with Crippen molar-refractivity contribution < 1.29 is 14.3 Å². The molecule has 0 aliphatic carbocycles. The van der Waals surface area contributed by atoms with Crippen LogP contribution in [-0.2, 0) is 4.79 Å². The van der Waals surface area contributed by atoms with E-state index in [9.17, 15) is 4.79 Å². The van der Waals surface area contributed by atoms with E-state index >= 15 is 0 Å². The first-order valence-corrected chi connectivity index (χ1v) is 7.45. The maximum absolute atomic E-state index is 12.0. The van der Waals surface area contributed by atoms with Crippen LogP contribution in [0.15, 0.2) is 12.1 Å². The standard InChI is InChI=1S/C15H21N3O3/c16-11-9-13-14(21-8-7-20-13)10-12(11)17-4-3-15(19)18-5-1-2-6-18/h9-10,17H,1-8,16H2. The zero-order chi connectivity index (χ0) is 14.7. The van der Waals surface area contributed by atoms with Crippen molar-refractivity contribution in [2.24, 2.45) is 0 Å². The second-order valence-electron chi connectivity index (χ2n) is 5.35. The molecule has 0 saturated carbocycles. The maximum Gasteiger partial charge on any atom is 0.224 e. The molecular formula is C15H21N3O3. The van der Waals surface area contributed by atoms with Gasteiger partial charge in [0.25, 0.3) is 0 Å². The Labute approximate surface area is 124 Å². The molecular weight excluding hydrogens is 270 g/mol. The third kappa shape index (κ3) is 3.15. The van der Waals surface area contributed by atoms with Gasteiger partial charge in [0.1, 0.15) is 13.2 Å². The van der Waals surface area contributed by atoms with E-state index in [1.807, 2.05) is 11.0 Å². The summed E-state index contributed by atoms with van der Waals surface area (Å²) < 4.78 is 11.0. The third-order valence-corrected chi connectivity index (χ3v) is 3.83. The molecule has 0 bridgehead atoms. The van der Waals surface area contributed by atoms with Crippen LogP contribution in [0.1, 0.15) is 19.3 Å². The van der Waals surface area contributed by atoms with Crippen molar-refractivity contribution >= 4 is 17.3 Å². The number of amides is 1. The average molecular weight is 291 g/mol. The number of nitrogens with zero attached hydrogens (tertiary/aromatic N) is 1. The number of nitrogens with two attached hydrogens (primary N) is 1. The predicted molar refractivity (Wildman–Crippen MR) is 80.8 cm³/mol. The van der Waals surface area contributed by atoms with Crippen LogP contribution >= 0.6 is 0 Å². The summed E-state index contributed by atoms with van der Waals surface area (Å²) in [5, 5.41) is 3.21. The Bertz CT molecular complexity index is 527. The molecule has 1 aromatic carbocycles. The summed E-state index contributed by atoms with van der Waals surface area (Å²) >= 11 is 0. The van der Waals surface area contributed by atoms with Crippen molar-refractivity contribution in [2.75, 3.05) is 43.9 Å². The summed E-state index contributed by atoms with van der Waals surface area (Å²) in [6.07, 6.45) is 2.72. The highest BCUT2D eigenvalue weighted by atomic mass is 16.6. The fraction of sp³-hybridized carbons (Fsp3) is 0.533. The number of anilines is 2. The maximum atomic E-state index is 12.0. The van der Waals surface area contributed by atoms with E-state index in [1.54, 1.807) is 6.07 Å². The Balaban J connectivity index is 1.56. The highest BCUT2D eigenvalue weighted by Gasteiger charge is 2.18. The first kappa shape index (κ1) is 13.9. The highest BCUT2D eigenvalue weighted by Crippen LogP contribution is 2.36. The summed E-state index contributed by atoms with van der Waals surface area (Å²) in [5.41, 5.74) is 7.38. The van der Waals surface area contributed by atoms with Gasteiger partial charge >= 0.3 is 0 Å². The van der Waals surface area contributed by atoms with Crippen molar-refractivity contribution in [3.8, 4) is 11.5 Å². The summed E-state index contributed by atoms with van der Waals surface area (Å²) in [4.78, 5) is 13.9. The van der Waals surface area contributed by atoms with Crippen LogP contribution in [0.5, 0.6) is 11.5 Å². The molecule has 1 fully saturated rings. The third-order valence-electron chi connectivity index (χ3n) is 3.83. The van der Waals surface area contributed by atoms with Gasteiger partial charge in [-0.15, -0.1) is 0 Å². The van der Waals surface area contributed by atoms with E-state index in [4.69, 9.17) is 15.2 Å². The van der Waals surface area contributed by atoms with Gasteiger partial charge in [0.05, 0.1) is 11.4 Å². The molecule has 2 heterocycles. The zero-order valence-electron chi connectivity index (χ0n) is 12.1. The molecule has 1 saturated heterocycles. The molecule has 0 radical (unpaired) electrons. The number of ether oxygens (including phenoxy) is 2. The van der Waals surface area contributed by atoms with E-state index in [0.717, 1.165) is 31.6 Å². The number of carbonyl (C=O) groups is 1. The zero-order valence-corrected chi connectivity index (χ0v) is 12.1. The fourth-order valence-corrected chi connectivity index (χ4v) is 2.69. The van der Waals surface area contributed by atoms with Crippen molar-refractivity contribution in [3.05, 3.63) is 12.1 Å². The number of carbonyl (C=O) groups excluding carboxylic acids is 1. The molecule has 2 aliphatic heterocycles. The Morgan fingerprint density at radius 2 is 1.86 bits per heavy atom. The number of benzene rings is 1. The quantitative estimate of drug-likeness (QED) is 0.821. The number of likely N-dealkylation sites (tertiary alicyclic amines) is 1. The van der Waals surface area contributed by atoms with Gasteiger partial charge < -0.3 is 25.4 Å². The first-order valence-electron chi connectivity index (χ1n) is 7.45. The number of nitrogen functional groups attached to an aromatic ring is 1. The van der Waals surface area contributed by atoms with Crippen molar-refractivity contribution in [1.29, 1.82) is 0 Å².